The number of nitrogens with zero attached hydrogens (tertiary/aromatic N) is 1. The summed E-state index contributed by atoms with van der Waals surface area (Å²) in [5.74, 6) is 1.51. The fourth-order valence-electron chi connectivity index (χ4n) is 1.91. The maximum atomic E-state index is 11.3. The molecule has 0 aliphatic carbocycles. The number of hydrogen-bond donors (Lipinski definition) is 3. The standard InChI is InChI=1S/C16H28N4O3S.HI/c1-5-24(21,22)20-10-9-18-16(17-4)19-12-14(3)23-15-8-6-7-13(2)11-15;/h6-8,11,14,20H,5,9-10,12H2,1-4H3,(H2,17,18,19);1H. The van der Waals surface area contributed by atoms with Crippen LogP contribution in [0.3, 0.4) is 0 Å². The quantitative estimate of drug-likeness (QED) is 0.214. The molecule has 1 atom stereocenters. The van der Waals surface area contributed by atoms with E-state index in [1.807, 2.05) is 38.1 Å². The number of hydrogen-bond acceptors (Lipinski definition) is 4. The molecule has 144 valence electrons. The van der Waals surface area contributed by atoms with Crippen molar-refractivity contribution < 1.29 is 13.2 Å². The summed E-state index contributed by atoms with van der Waals surface area (Å²) < 4.78 is 31.0. The summed E-state index contributed by atoms with van der Waals surface area (Å²) in [5, 5.41) is 6.20. The van der Waals surface area contributed by atoms with Gasteiger partial charge in [-0.25, -0.2) is 13.1 Å². The minimum atomic E-state index is -3.16. The van der Waals surface area contributed by atoms with Crippen LogP contribution >= 0.6 is 24.0 Å². The number of aryl methyl sites for hydroxylation is 1. The number of halogens is 1. The van der Waals surface area contributed by atoms with Crippen LogP contribution in [0.15, 0.2) is 29.3 Å². The zero-order valence-electron chi connectivity index (χ0n) is 15.2. The van der Waals surface area contributed by atoms with Gasteiger partial charge in [0.1, 0.15) is 11.9 Å². The Morgan fingerprint density at radius 1 is 1.28 bits per heavy atom. The van der Waals surface area contributed by atoms with Gasteiger partial charge >= 0.3 is 0 Å². The van der Waals surface area contributed by atoms with Gasteiger partial charge in [0.15, 0.2) is 5.96 Å². The molecule has 0 aliphatic rings. The Bertz CT molecular complexity index is 638. The SMILES string of the molecule is CCS(=O)(=O)NCCNC(=NC)NCC(C)Oc1cccc(C)c1.I. The summed E-state index contributed by atoms with van der Waals surface area (Å²) in [6, 6.07) is 7.90. The van der Waals surface area contributed by atoms with E-state index in [-0.39, 0.29) is 35.8 Å². The van der Waals surface area contributed by atoms with Crippen LogP contribution < -0.4 is 20.1 Å². The molecule has 7 nitrogen and oxygen atoms in total. The molecule has 9 heteroatoms. The maximum Gasteiger partial charge on any atom is 0.211 e. The lowest BCUT2D eigenvalue weighted by Gasteiger charge is -2.18. The van der Waals surface area contributed by atoms with Crippen LogP contribution in [-0.2, 0) is 10.0 Å². The Hall–Kier alpha value is -1.07. The highest BCUT2D eigenvalue weighted by molar-refractivity contribution is 14.0. The van der Waals surface area contributed by atoms with Crippen molar-refractivity contribution in [1.29, 1.82) is 0 Å². The Morgan fingerprint density at radius 3 is 2.60 bits per heavy atom. The summed E-state index contributed by atoms with van der Waals surface area (Å²) in [5.41, 5.74) is 1.15. The Labute approximate surface area is 168 Å². The summed E-state index contributed by atoms with van der Waals surface area (Å²) in [6.45, 7) is 6.94. The second kappa shape index (κ2) is 12.3. The Kier molecular flexibility index (Phi) is 11.8. The fourth-order valence-corrected chi connectivity index (χ4v) is 2.53. The minimum absolute atomic E-state index is 0. The molecule has 0 saturated carbocycles. The molecule has 0 spiro atoms. The van der Waals surface area contributed by atoms with Crippen LogP contribution in [0, 0.1) is 6.92 Å². The first-order valence-corrected chi connectivity index (χ1v) is 9.66. The molecule has 0 saturated heterocycles. The first-order chi connectivity index (χ1) is 11.4. The van der Waals surface area contributed by atoms with Crippen molar-refractivity contribution in [3.05, 3.63) is 29.8 Å². The van der Waals surface area contributed by atoms with Gasteiger partial charge in [0, 0.05) is 20.1 Å². The number of aliphatic imine (C=N–C) groups is 1. The molecule has 0 bridgehead atoms. The van der Waals surface area contributed by atoms with Crippen LogP contribution in [-0.4, -0.2) is 52.9 Å². The molecule has 0 aromatic heterocycles. The first kappa shape index (κ1) is 23.9. The first-order valence-electron chi connectivity index (χ1n) is 8.01. The molecule has 0 amide bonds. The lowest BCUT2D eigenvalue weighted by atomic mass is 10.2. The number of sulfonamides is 1. The van der Waals surface area contributed by atoms with Crippen LogP contribution in [0.1, 0.15) is 19.4 Å². The van der Waals surface area contributed by atoms with Crippen molar-refractivity contribution in [2.24, 2.45) is 4.99 Å². The van der Waals surface area contributed by atoms with Gasteiger partial charge in [-0.1, -0.05) is 12.1 Å². The van der Waals surface area contributed by atoms with Gasteiger partial charge in [-0.05, 0) is 38.5 Å². The third-order valence-electron chi connectivity index (χ3n) is 3.23. The fraction of sp³-hybridized carbons (Fsp3) is 0.562. The molecule has 1 rings (SSSR count). The van der Waals surface area contributed by atoms with E-state index in [2.05, 4.69) is 20.3 Å². The van der Waals surface area contributed by atoms with Crippen LogP contribution in [0.25, 0.3) is 0 Å². The summed E-state index contributed by atoms with van der Waals surface area (Å²) in [6.07, 6.45) is -0.0380. The third-order valence-corrected chi connectivity index (χ3v) is 4.63. The van der Waals surface area contributed by atoms with Crippen molar-refractivity contribution in [3.8, 4) is 5.75 Å². The topological polar surface area (TPSA) is 91.8 Å². The smallest absolute Gasteiger partial charge is 0.211 e. The normalized spacial score (nSPS) is 12.9. The number of benzene rings is 1. The number of rotatable bonds is 9. The van der Waals surface area contributed by atoms with Gasteiger partial charge in [0.05, 0.1) is 12.3 Å². The molecular formula is C16H29IN4O3S. The predicted octanol–water partition coefficient (Wildman–Crippen LogP) is 1.48. The zero-order chi connectivity index (χ0) is 18.0. The van der Waals surface area contributed by atoms with E-state index in [0.29, 0.717) is 25.6 Å². The minimum Gasteiger partial charge on any atom is -0.489 e. The summed E-state index contributed by atoms with van der Waals surface area (Å²) in [4.78, 5) is 4.10. The number of ether oxygens (including phenoxy) is 1. The molecule has 1 aromatic rings. The molecular weight excluding hydrogens is 455 g/mol. The summed E-state index contributed by atoms with van der Waals surface area (Å²) in [7, 11) is -1.49. The van der Waals surface area contributed by atoms with Gasteiger partial charge in [0.25, 0.3) is 0 Å². The van der Waals surface area contributed by atoms with E-state index in [1.54, 1.807) is 14.0 Å². The van der Waals surface area contributed by atoms with Crippen molar-refractivity contribution in [2.75, 3.05) is 32.4 Å². The van der Waals surface area contributed by atoms with Crippen LogP contribution in [0.4, 0.5) is 0 Å². The largest absolute Gasteiger partial charge is 0.489 e. The average molecular weight is 484 g/mol. The highest BCUT2D eigenvalue weighted by Gasteiger charge is 2.07. The highest BCUT2D eigenvalue weighted by Crippen LogP contribution is 2.13. The highest BCUT2D eigenvalue weighted by atomic mass is 127. The van der Waals surface area contributed by atoms with Crippen LogP contribution in [0.5, 0.6) is 5.75 Å². The second-order valence-corrected chi connectivity index (χ2v) is 7.52. The van der Waals surface area contributed by atoms with E-state index in [9.17, 15) is 8.42 Å². The predicted molar refractivity (Wildman–Crippen MR) is 114 cm³/mol. The molecule has 0 aliphatic heterocycles. The van der Waals surface area contributed by atoms with Gasteiger partial charge in [-0.15, -0.1) is 24.0 Å². The van der Waals surface area contributed by atoms with E-state index in [1.165, 1.54) is 0 Å². The molecule has 1 aromatic carbocycles. The van der Waals surface area contributed by atoms with Gasteiger partial charge in [-0.2, -0.15) is 0 Å². The van der Waals surface area contributed by atoms with Crippen molar-refractivity contribution >= 4 is 40.0 Å². The zero-order valence-corrected chi connectivity index (χ0v) is 18.4. The average Bonchev–Trinajstić information content (AvgIpc) is 2.54. The lowest BCUT2D eigenvalue weighted by molar-refractivity contribution is 0.223. The van der Waals surface area contributed by atoms with Gasteiger partial charge < -0.3 is 15.4 Å². The van der Waals surface area contributed by atoms with Crippen molar-refractivity contribution in [2.45, 2.75) is 26.9 Å². The molecule has 1 unspecified atom stereocenters. The molecule has 3 N–H and O–H groups in total. The third kappa shape index (κ3) is 10.5. The second-order valence-electron chi connectivity index (χ2n) is 5.42. The lowest BCUT2D eigenvalue weighted by Crippen LogP contribution is -2.44. The molecule has 0 radical (unpaired) electrons. The maximum absolute atomic E-state index is 11.3. The van der Waals surface area contributed by atoms with Crippen molar-refractivity contribution in [1.82, 2.24) is 15.4 Å². The van der Waals surface area contributed by atoms with Gasteiger partial charge in [-0.3, -0.25) is 4.99 Å². The van der Waals surface area contributed by atoms with E-state index >= 15 is 0 Å². The number of nitrogens with one attached hydrogen (secondary N) is 3. The van der Waals surface area contributed by atoms with E-state index in [0.717, 1.165) is 11.3 Å². The number of guanidine groups is 1. The molecule has 0 heterocycles. The monoisotopic (exact) mass is 484 g/mol. The molecule has 25 heavy (non-hydrogen) atoms. The van der Waals surface area contributed by atoms with E-state index < -0.39 is 10.0 Å². The van der Waals surface area contributed by atoms with Crippen LogP contribution in [0.2, 0.25) is 0 Å². The van der Waals surface area contributed by atoms with Gasteiger partial charge in [0.2, 0.25) is 10.0 Å². The Morgan fingerprint density at radius 2 is 2.00 bits per heavy atom. The molecule has 0 fully saturated rings. The van der Waals surface area contributed by atoms with Crippen molar-refractivity contribution in [3.63, 3.8) is 0 Å². The summed E-state index contributed by atoms with van der Waals surface area (Å²) >= 11 is 0. The van der Waals surface area contributed by atoms with E-state index in [4.69, 9.17) is 4.74 Å². The Balaban J connectivity index is 0.00000576.